The first-order chi connectivity index (χ1) is 18.8. The van der Waals surface area contributed by atoms with Crippen molar-refractivity contribution in [3.63, 3.8) is 0 Å². The zero-order valence-electron chi connectivity index (χ0n) is 23.9. The van der Waals surface area contributed by atoms with E-state index in [9.17, 15) is 0 Å². The largest absolute Gasteiger partial charge is 0.436 e. The number of aromatic nitrogens is 3. The Morgan fingerprint density at radius 1 is 0.897 bits per heavy atom. The van der Waals surface area contributed by atoms with Gasteiger partial charge in [-0.1, -0.05) is 63.5 Å². The minimum atomic E-state index is 0.0346. The van der Waals surface area contributed by atoms with Crippen LogP contribution in [0.3, 0.4) is 0 Å². The molecular formula is C33H36BN4O+. The molecular weight excluding hydrogens is 479 g/mol. The molecule has 3 aromatic heterocycles. The highest BCUT2D eigenvalue weighted by Crippen LogP contribution is 2.39. The van der Waals surface area contributed by atoms with E-state index in [1.807, 2.05) is 6.07 Å². The van der Waals surface area contributed by atoms with E-state index in [2.05, 4.69) is 135 Å². The van der Waals surface area contributed by atoms with Gasteiger partial charge in [0.05, 0.1) is 18.1 Å². The molecule has 0 unspecified atom stereocenters. The summed E-state index contributed by atoms with van der Waals surface area (Å²) < 4.78 is 10.9. The first kappa shape index (κ1) is 25.2. The Morgan fingerprint density at radius 3 is 2.26 bits per heavy atom. The summed E-state index contributed by atoms with van der Waals surface area (Å²) in [5.41, 5.74) is 10.8. The van der Waals surface area contributed by atoms with Gasteiger partial charge < -0.3 is 9.23 Å². The van der Waals surface area contributed by atoms with Crippen molar-refractivity contribution < 1.29 is 8.98 Å². The number of pyridine rings is 1. The molecule has 6 rings (SSSR count). The maximum absolute atomic E-state index is 6.16. The van der Waals surface area contributed by atoms with Crippen molar-refractivity contribution in [2.75, 3.05) is 11.9 Å². The Bertz CT molecular complexity index is 1680. The maximum atomic E-state index is 6.16. The van der Waals surface area contributed by atoms with Crippen LogP contribution in [0.4, 0.5) is 5.69 Å². The average molecular weight is 515 g/mol. The van der Waals surface area contributed by atoms with Crippen LogP contribution in [-0.4, -0.2) is 23.4 Å². The number of anilines is 1. The number of nitrogens with zero attached hydrogens (tertiary/aromatic N) is 4. The first-order valence-corrected chi connectivity index (χ1v) is 13.8. The Hall–Kier alpha value is -4.06. The summed E-state index contributed by atoms with van der Waals surface area (Å²) in [6.07, 6.45) is 8.39. The fraction of sp³-hybridized carbons (Fsp3) is 0.273. The number of imidazole rings is 1. The van der Waals surface area contributed by atoms with Gasteiger partial charge in [-0.3, -0.25) is 0 Å². The quantitative estimate of drug-likeness (QED) is 0.194. The van der Waals surface area contributed by atoms with Crippen LogP contribution in [0.1, 0.15) is 63.3 Å². The number of hydrogen-bond acceptors (Lipinski definition) is 3. The molecule has 0 spiro atoms. The van der Waals surface area contributed by atoms with Gasteiger partial charge in [0.1, 0.15) is 18.1 Å². The molecule has 39 heavy (non-hydrogen) atoms. The molecule has 5 nitrogen and oxygen atoms in total. The van der Waals surface area contributed by atoms with Crippen LogP contribution in [0, 0.1) is 0 Å². The molecule has 0 saturated carbocycles. The number of benzene rings is 2. The van der Waals surface area contributed by atoms with E-state index in [0.717, 1.165) is 16.8 Å². The lowest BCUT2D eigenvalue weighted by Crippen LogP contribution is -2.63. The van der Waals surface area contributed by atoms with Gasteiger partial charge in [-0.05, 0) is 67.3 Å². The third-order valence-corrected chi connectivity index (χ3v) is 8.05. The van der Waals surface area contributed by atoms with E-state index in [1.54, 1.807) is 6.20 Å². The van der Waals surface area contributed by atoms with Crippen LogP contribution in [-0.2, 0) is 7.05 Å². The lowest BCUT2D eigenvalue weighted by molar-refractivity contribution is -0.653. The van der Waals surface area contributed by atoms with Crippen molar-refractivity contribution in [3.05, 3.63) is 95.5 Å². The molecule has 0 bridgehead atoms. The molecule has 2 aromatic carbocycles. The third-order valence-electron chi connectivity index (χ3n) is 8.05. The summed E-state index contributed by atoms with van der Waals surface area (Å²) in [5.74, 6) is 1.59. The van der Waals surface area contributed by atoms with Crippen molar-refractivity contribution in [3.8, 4) is 16.8 Å². The summed E-state index contributed by atoms with van der Waals surface area (Å²) in [7, 11) is 4.32. The van der Waals surface area contributed by atoms with Crippen molar-refractivity contribution in [1.29, 1.82) is 0 Å². The topological polar surface area (TPSA) is 38.1 Å². The number of hydrogen-bond donors (Lipinski definition) is 0. The summed E-state index contributed by atoms with van der Waals surface area (Å²) in [6, 6.07) is 19.6. The minimum Gasteiger partial charge on any atom is -0.436 e. The molecule has 5 aromatic rings. The van der Waals surface area contributed by atoms with E-state index >= 15 is 0 Å². The highest BCUT2D eigenvalue weighted by atomic mass is 16.3. The lowest BCUT2D eigenvalue weighted by Gasteiger charge is -2.29. The number of allylic oxidation sites excluding steroid dienone is 1. The monoisotopic (exact) mass is 515 g/mol. The SMILES string of the molecule is CC1=Cc2oc3ncccc3c2N(C)B1c1n(-c2c(C(C)C)cc(-c3ccccc3)cc2C(C)C)cc[n+]1C. The smallest absolute Gasteiger partial charge is 0.423 e. The molecule has 1 aliphatic rings. The van der Waals surface area contributed by atoms with Crippen molar-refractivity contribution in [2.45, 2.75) is 46.5 Å². The predicted molar refractivity (Wildman–Crippen MR) is 162 cm³/mol. The van der Waals surface area contributed by atoms with E-state index in [1.165, 1.54) is 39.1 Å². The van der Waals surface area contributed by atoms with Crippen LogP contribution in [0.15, 0.2) is 83.1 Å². The third kappa shape index (κ3) is 4.10. The van der Waals surface area contributed by atoms with Crippen molar-refractivity contribution >= 4 is 35.4 Å². The van der Waals surface area contributed by atoms with Crippen LogP contribution in [0.2, 0.25) is 0 Å². The normalized spacial score (nSPS) is 13.5. The van der Waals surface area contributed by atoms with Crippen molar-refractivity contribution in [1.82, 2.24) is 9.55 Å². The number of rotatable bonds is 5. The van der Waals surface area contributed by atoms with E-state index in [-0.39, 0.29) is 6.85 Å². The van der Waals surface area contributed by atoms with Crippen molar-refractivity contribution in [2.24, 2.45) is 7.05 Å². The molecule has 6 heteroatoms. The Morgan fingerprint density at radius 2 is 1.59 bits per heavy atom. The van der Waals surface area contributed by atoms with Gasteiger partial charge in [0, 0.05) is 17.3 Å². The number of fused-ring (bicyclic) bond motifs is 3. The average Bonchev–Trinajstić information content (AvgIpc) is 3.48. The van der Waals surface area contributed by atoms with Crippen LogP contribution in [0.5, 0.6) is 0 Å². The lowest BCUT2D eigenvalue weighted by atomic mass is 9.51. The Balaban J connectivity index is 1.57. The summed E-state index contributed by atoms with van der Waals surface area (Å²) in [4.78, 5) is 6.83. The van der Waals surface area contributed by atoms with Gasteiger partial charge in [-0.15, -0.1) is 0 Å². The highest BCUT2D eigenvalue weighted by Gasteiger charge is 2.43. The second-order valence-electron chi connectivity index (χ2n) is 11.4. The van der Waals surface area contributed by atoms with Gasteiger partial charge in [0.25, 0.3) is 0 Å². The van der Waals surface area contributed by atoms with Gasteiger partial charge >= 0.3 is 6.85 Å². The Kier molecular flexibility index (Phi) is 6.21. The van der Waals surface area contributed by atoms with Gasteiger partial charge in [0.2, 0.25) is 11.4 Å². The molecule has 0 amide bonds. The minimum absolute atomic E-state index is 0.0346. The maximum Gasteiger partial charge on any atom is 0.423 e. The van der Waals surface area contributed by atoms with E-state index in [0.29, 0.717) is 17.5 Å². The predicted octanol–water partition coefficient (Wildman–Crippen LogP) is 6.65. The zero-order chi connectivity index (χ0) is 27.4. The van der Waals surface area contributed by atoms with E-state index in [4.69, 9.17) is 4.42 Å². The standard InChI is InChI=1S/C33H36BN4O/c1-21(2)27-19-25(24-12-9-8-10-13-24)20-28(22(3)4)30(27)38-17-16-36(6)33(38)34-23(5)18-29-31(37(34)7)26-14-11-15-35-32(26)39-29/h8-22H,1-7H3/q+1. The molecule has 196 valence electrons. The summed E-state index contributed by atoms with van der Waals surface area (Å²) >= 11 is 0. The first-order valence-electron chi connectivity index (χ1n) is 13.8. The highest BCUT2D eigenvalue weighted by molar-refractivity contribution is 6.82. The zero-order valence-corrected chi connectivity index (χ0v) is 23.9. The van der Waals surface area contributed by atoms with E-state index < -0.39 is 0 Å². The second kappa shape index (κ2) is 9.60. The Labute approximate surface area is 231 Å². The molecule has 0 aliphatic carbocycles. The van der Waals surface area contributed by atoms with Gasteiger partial charge in [-0.25, -0.2) is 14.1 Å². The number of aryl methyl sites for hydroxylation is 1. The molecule has 0 N–H and O–H groups in total. The van der Waals surface area contributed by atoms with Crippen LogP contribution in [0.25, 0.3) is 34.0 Å². The molecule has 0 fully saturated rings. The molecule has 0 atom stereocenters. The summed E-state index contributed by atoms with van der Waals surface area (Å²) in [5, 5.41) is 1.04. The fourth-order valence-corrected chi connectivity index (χ4v) is 6.14. The molecule has 1 aliphatic heterocycles. The summed E-state index contributed by atoms with van der Waals surface area (Å²) in [6.45, 7) is 11.4. The second-order valence-corrected chi connectivity index (χ2v) is 11.4. The number of furan rings is 1. The van der Waals surface area contributed by atoms with Gasteiger partial charge in [-0.2, -0.15) is 0 Å². The molecule has 0 radical (unpaired) electrons. The van der Waals surface area contributed by atoms with Gasteiger partial charge in [0.15, 0.2) is 5.76 Å². The molecule has 4 heterocycles. The van der Waals surface area contributed by atoms with Crippen LogP contribution >= 0.6 is 0 Å². The fourth-order valence-electron chi connectivity index (χ4n) is 6.14. The van der Waals surface area contributed by atoms with Crippen LogP contribution < -0.4 is 15.1 Å². The molecule has 0 saturated heterocycles.